The van der Waals surface area contributed by atoms with Crippen molar-refractivity contribution in [2.24, 2.45) is 11.8 Å². The molecule has 2 fully saturated rings. The average Bonchev–Trinajstić information content (AvgIpc) is 2.66. The number of halogens is 1. The first-order valence-electron chi connectivity index (χ1n) is 9.97. The molecule has 6 nitrogen and oxygen atoms in total. The van der Waals surface area contributed by atoms with E-state index in [0.29, 0.717) is 38.0 Å². The summed E-state index contributed by atoms with van der Waals surface area (Å²) >= 11 is 6.09. The maximum Gasteiger partial charge on any atom is 0.244 e. The van der Waals surface area contributed by atoms with Crippen LogP contribution in [0.5, 0.6) is 0 Å². The summed E-state index contributed by atoms with van der Waals surface area (Å²) in [5, 5.41) is 0.238. The van der Waals surface area contributed by atoms with Crippen LogP contribution in [0.2, 0.25) is 5.02 Å². The predicted molar refractivity (Wildman–Crippen MR) is 111 cm³/mol. The Bertz CT molecular complexity index is 799. The number of rotatable bonds is 4. The molecule has 0 aromatic heterocycles. The van der Waals surface area contributed by atoms with Gasteiger partial charge in [0.1, 0.15) is 4.90 Å². The molecule has 1 amide bonds. The number of benzene rings is 1. The van der Waals surface area contributed by atoms with E-state index in [9.17, 15) is 13.2 Å². The van der Waals surface area contributed by atoms with Crippen molar-refractivity contribution in [2.45, 2.75) is 38.1 Å². The molecule has 2 saturated heterocycles. The third-order valence-electron chi connectivity index (χ3n) is 5.81. The number of amides is 1. The fraction of sp³-hybridized carbons (Fsp3) is 0.650. The smallest absolute Gasteiger partial charge is 0.244 e. The van der Waals surface area contributed by atoms with E-state index in [-0.39, 0.29) is 21.9 Å². The topological polar surface area (TPSA) is 60.9 Å². The Labute approximate surface area is 173 Å². The zero-order valence-electron chi connectivity index (χ0n) is 16.8. The van der Waals surface area contributed by atoms with Crippen molar-refractivity contribution in [3.8, 4) is 0 Å². The number of piperazine rings is 1. The van der Waals surface area contributed by atoms with Crippen molar-refractivity contribution < 1.29 is 13.2 Å². The van der Waals surface area contributed by atoms with Gasteiger partial charge in [0, 0.05) is 39.3 Å². The van der Waals surface area contributed by atoms with Gasteiger partial charge in [-0.3, -0.25) is 9.69 Å². The molecule has 0 aliphatic carbocycles. The van der Waals surface area contributed by atoms with Gasteiger partial charge < -0.3 is 4.90 Å². The molecule has 0 N–H and O–H groups in total. The summed E-state index contributed by atoms with van der Waals surface area (Å²) in [6, 6.07) is 6.29. The van der Waals surface area contributed by atoms with E-state index in [1.165, 1.54) is 10.4 Å². The molecule has 0 bridgehead atoms. The summed E-state index contributed by atoms with van der Waals surface area (Å²) in [7, 11) is -3.62. The highest BCUT2D eigenvalue weighted by molar-refractivity contribution is 7.89. The highest BCUT2D eigenvalue weighted by Crippen LogP contribution is 2.26. The molecule has 156 valence electrons. The zero-order chi connectivity index (χ0) is 20.5. The quantitative estimate of drug-likeness (QED) is 0.740. The molecule has 3 atom stereocenters. The number of likely N-dealkylation sites (tertiary alicyclic amines) is 1. The molecule has 0 saturated carbocycles. The van der Waals surface area contributed by atoms with Gasteiger partial charge in [0.05, 0.1) is 11.1 Å². The van der Waals surface area contributed by atoms with Crippen molar-refractivity contribution in [2.75, 3.05) is 39.3 Å². The highest BCUT2D eigenvalue weighted by Gasteiger charge is 2.35. The van der Waals surface area contributed by atoms with Crippen molar-refractivity contribution in [3.05, 3.63) is 29.3 Å². The second-order valence-electron chi connectivity index (χ2n) is 8.24. The Balaban J connectivity index is 1.62. The molecule has 2 heterocycles. The monoisotopic (exact) mass is 427 g/mol. The number of nitrogens with zero attached hydrogens (tertiary/aromatic N) is 3. The van der Waals surface area contributed by atoms with Gasteiger partial charge in [-0.1, -0.05) is 37.6 Å². The minimum absolute atomic E-state index is 0.144. The fourth-order valence-corrected chi connectivity index (χ4v) is 6.30. The average molecular weight is 428 g/mol. The van der Waals surface area contributed by atoms with Crippen LogP contribution in [0, 0.1) is 11.8 Å². The normalized spacial score (nSPS) is 26.2. The summed E-state index contributed by atoms with van der Waals surface area (Å²) in [6.45, 7) is 9.74. The van der Waals surface area contributed by atoms with Crippen LogP contribution in [0.4, 0.5) is 0 Å². The molecular formula is C20H30ClN3O3S. The van der Waals surface area contributed by atoms with Crippen molar-refractivity contribution >= 4 is 27.5 Å². The van der Waals surface area contributed by atoms with E-state index in [1.807, 2.05) is 11.8 Å². The molecule has 0 spiro atoms. The third-order valence-corrected chi connectivity index (χ3v) is 8.21. The Morgan fingerprint density at radius 1 is 1.07 bits per heavy atom. The van der Waals surface area contributed by atoms with Gasteiger partial charge in [-0.25, -0.2) is 8.42 Å². The van der Waals surface area contributed by atoms with Gasteiger partial charge in [-0.05, 0) is 37.3 Å². The summed E-state index contributed by atoms with van der Waals surface area (Å²) in [6.07, 6.45) is 1.16. The first-order chi connectivity index (χ1) is 13.2. The van der Waals surface area contributed by atoms with Gasteiger partial charge in [0.2, 0.25) is 15.9 Å². The largest absolute Gasteiger partial charge is 0.341 e. The molecular weight excluding hydrogens is 398 g/mol. The minimum Gasteiger partial charge on any atom is -0.341 e. The standard InChI is InChI=1S/C20H30ClN3O3S/c1-15-12-16(2)14-23(13-15)20(25)17(3)22-8-10-24(11-9-22)28(26,27)19-7-5-4-6-18(19)21/h4-7,15-17H,8-14H2,1-3H3/t15-,16-,17+/m0/s1. The van der Waals surface area contributed by atoms with Gasteiger partial charge in [-0.2, -0.15) is 4.31 Å². The van der Waals surface area contributed by atoms with Crippen molar-refractivity contribution in [1.82, 2.24) is 14.1 Å². The molecule has 1 aromatic rings. The lowest BCUT2D eigenvalue weighted by molar-refractivity contribution is -0.139. The van der Waals surface area contributed by atoms with Crippen molar-refractivity contribution in [3.63, 3.8) is 0 Å². The van der Waals surface area contributed by atoms with Gasteiger partial charge in [-0.15, -0.1) is 0 Å². The lowest BCUT2D eigenvalue weighted by Crippen LogP contribution is -2.56. The van der Waals surface area contributed by atoms with Crippen LogP contribution in [0.3, 0.4) is 0 Å². The van der Waals surface area contributed by atoms with E-state index in [2.05, 4.69) is 18.7 Å². The van der Waals surface area contributed by atoms with Crippen LogP contribution < -0.4 is 0 Å². The van der Waals surface area contributed by atoms with Gasteiger partial charge in [0.15, 0.2) is 0 Å². The predicted octanol–water partition coefficient (Wildman–Crippen LogP) is 2.54. The van der Waals surface area contributed by atoms with Crippen LogP contribution in [0.1, 0.15) is 27.2 Å². The molecule has 3 rings (SSSR count). The van der Waals surface area contributed by atoms with Crippen molar-refractivity contribution in [1.29, 1.82) is 0 Å². The second-order valence-corrected chi connectivity index (χ2v) is 10.5. The first-order valence-corrected chi connectivity index (χ1v) is 11.8. The van der Waals surface area contributed by atoms with E-state index in [0.717, 1.165) is 19.5 Å². The van der Waals surface area contributed by atoms with E-state index in [4.69, 9.17) is 11.6 Å². The maximum absolute atomic E-state index is 13.0. The van der Waals surface area contributed by atoms with Crippen LogP contribution in [0.15, 0.2) is 29.2 Å². The molecule has 0 radical (unpaired) electrons. The second kappa shape index (κ2) is 8.69. The number of carbonyl (C=O) groups is 1. The van der Waals surface area contributed by atoms with Crippen LogP contribution in [-0.2, 0) is 14.8 Å². The fourth-order valence-electron chi connectivity index (χ4n) is 4.39. The van der Waals surface area contributed by atoms with Crippen LogP contribution in [0.25, 0.3) is 0 Å². The summed E-state index contributed by atoms with van der Waals surface area (Å²) < 4.78 is 27.2. The molecule has 28 heavy (non-hydrogen) atoms. The number of hydrogen-bond acceptors (Lipinski definition) is 4. The number of sulfonamides is 1. The Morgan fingerprint density at radius 3 is 2.21 bits per heavy atom. The summed E-state index contributed by atoms with van der Waals surface area (Å²) in [4.78, 5) is 17.2. The molecule has 8 heteroatoms. The maximum atomic E-state index is 13.0. The molecule has 0 unspecified atom stereocenters. The van der Waals surface area contributed by atoms with E-state index >= 15 is 0 Å². The Kier molecular flexibility index (Phi) is 6.69. The van der Waals surface area contributed by atoms with Crippen LogP contribution >= 0.6 is 11.6 Å². The van der Waals surface area contributed by atoms with Gasteiger partial charge >= 0.3 is 0 Å². The summed E-state index contributed by atoms with van der Waals surface area (Å²) in [5.74, 6) is 1.20. The van der Waals surface area contributed by atoms with E-state index < -0.39 is 10.0 Å². The Hall–Kier alpha value is -1.15. The minimum atomic E-state index is -3.62. The zero-order valence-corrected chi connectivity index (χ0v) is 18.4. The molecule has 2 aliphatic heterocycles. The lowest BCUT2D eigenvalue weighted by Gasteiger charge is -2.41. The first kappa shape index (κ1) is 21.6. The number of hydrogen-bond donors (Lipinski definition) is 0. The SMILES string of the molecule is C[C@H]1C[C@H](C)CN(C(=O)[C@@H](C)N2CCN(S(=O)(=O)c3ccccc3Cl)CC2)C1. The van der Waals surface area contributed by atoms with Crippen LogP contribution in [-0.4, -0.2) is 73.7 Å². The summed E-state index contributed by atoms with van der Waals surface area (Å²) in [5.41, 5.74) is 0. The highest BCUT2D eigenvalue weighted by atomic mass is 35.5. The number of piperidine rings is 1. The molecule has 1 aromatic carbocycles. The lowest BCUT2D eigenvalue weighted by atomic mass is 9.91. The third kappa shape index (κ3) is 4.53. The number of carbonyl (C=O) groups excluding carboxylic acids is 1. The van der Waals surface area contributed by atoms with E-state index in [1.54, 1.807) is 18.2 Å². The molecule has 2 aliphatic rings. The Morgan fingerprint density at radius 2 is 1.64 bits per heavy atom. The van der Waals surface area contributed by atoms with Gasteiger partial charge in [0.25, 0.3) is 0 Å².